The number of nitrogens with one attached hydrogen (secondary N) is 1. The molecule has 0 aliphatic heterocycles. The van der Waals surface area contributed by atoms with Gasteiger partial charge in [0.25, 0.3) is 10.2 Å². The molecule has 1 heterocycles. The lowest BCUT2D eigenvalue weighted by molar-refractivity contribution is 0.453. The number of aryl methyl sites for hydroxylation is 2. The van der Waals surface area contributed by atoms with Gasteiger partial charge in [0, 0.05) is 14.1 Å². The maximum Gasteiger partial charge on any atom is 0.279 e. The van der Waals surface area contributed by atoms with Crippen molar-refractivity contribution in [2.75, 3.05) is 14.1 Å². The highest BCUT2D eigenvalue weighted by Crippen LogP contribution is 2.08. The molecule has 0 amide bonds. The first-order chi connectivity index (χ1) is 6.83. The average Bonchev–Trinajstić information content (AvgIpc) is 2.43. The van der Waals surface area contributed by atoms with E-state index >= 15 is 0 Å². The van der Waals surface area contributed by atoms with Gasteiger partial charge in [-0.1, -0.05) is 0 Å². The van der Waals surface area contributed by atoms with Crippen molar-refractivity contribution in [1.82, 2.24) is 14.0 Å². The average molecular weight is 233 g/mol. The van der Waals surface area contributed by atoms with E-state index in [1.54, 1.807) is 6.92 Å². The molecule has 1 aromatic rings. The van der Waals surface area contributed by atoms with E-state index in [2.05, 4.69) is 9.71 Å². The van der Waals surface area contributed by atoms with E-state index in [-0.39, 0.29) is 6.54 Å². The lowest BCUT2D eigenvalue weighted by atomic mass is 10.4. The molecule has 0 radical (unpaired) electrons. The number of rotatable bonds is 4. The Morgan fingerprint density at radius 2 is 2.00 bits per heavy atom. The fourth-order valence-corrected chi connectivity index (χ4v) is 1.46. The molecule has 0 aliphatic rings. The first-order valence-electron chi connectivity index (χ1n) is 4.43. The van der Waals surface area contributed by atoms with Crippen LogP contribution in [0, 0.1) is 13.8 Å². The number of nitrogens with zero attached hydrogens (tertiary/aromatic N) is 2. The second kappa shape index (κ2) is 4.30. The molecule has 86 valence electrons. The summed E-state index contributed by atoms with van der Waals surface area (Å²) in [6, 6.07) is 0. The van der Waals surface area contributed by atoms with Gasteiger partial charge in [-0.05, 0) is 13.8 Å². The Balaban J connectivity index is 2.66. The minimum Gasteiger partial charge on any atom is -0.444 e. The van der Waals surface area contributed by atoms with Gasteiger partial charge < -0.3 is 4.42 Å². The predicted molar refractivity (Wildman–Crippen MR) is 55.4 cm³/mol. The van der Waals surface area contributed by atoms with Crippen LogP contribution >= 0.6 is 0 Å². The molecule has 7 heteroatoms. The molecule has 0 saturated carbocycles. The molecule has 6 nitrogen and oxygen atoms in total. The summed E-state index contributed by atoms with van der Waals surface area (Å²) in [5.41, 5.74) is 0.772. The smallest absolute Gasteiger partial charge is 0.279 e. The second-order valence-electron chi connectivity index (χ2n) is 3.36. The summed E-state index contributed by atoms with van der Waals surface area (Å²) >= 11 is 0. The molecule has 0 bridgehead atoms. The van der Waals surface area contributed by atoms with Gasteiger partial charge in [0.1, 0.15) is 5.76 Å². The van der Waals surface area contributed by atoms with Gasteiger partial charge in [-0.15, -0.1) is 0 Å². The molecule has 0 saturated heterocycles. The van der Waals surface area contributed by atoms with E-state index in [0.717, 1.165) is 10.00 Å². The Labute approximate surface area is 89.5 Å². The van der Waals surface area contributed by atoms with E-state index in [9.17, 15) is 8.42 Å². The standard InChI is InChI=1S/C8H15N3O3S/c1-6-7(2)14-8(10-6)5-9-15(12,13)11(3)4/h9H,5H2,1-4H3. The van der Waals surface area contributed by atoms with E-state index in [0.29, 0.717) is 11.7 Å². The monoisotopic (exact) mass is 233 g/mol. The Kier molecular flexibility index (Phi) is 3.48. The third kappa shape index (κ3) is 3.01. The Morgan fingerprint density at radius 1 is 1.40 bits per heavy atom. The molecule has 1 N–H and O–H groups in total. The summed E-state index contributed by atoms with van der Waals surface area (Å²) in [4.78, 5) is 4.06. The highest BCUT2D eigenvalue weighted by atomic mass is 32.2. The van der Waals surface area contributed by atoms with Crippen molar-refractivity contribution in [3.05, 3.63) is 17.3 Å². The number of aromatic nitrogens is 1. The van der Waals surface area contributed by atoms with Gasteiger partial charge in [-0.3, -0.25) is 0 Å². The van der Waals surface area contributed by atoms with Crippen LogP contribution in [0.5, 0.6) is 0 Å². The van der Waals surface area contributed by atoms with Crippen LogP contribution < -0.4 is 4.72 Å². The molecule has 0 atom stereocenters. The molecule has 1 rings (SSSR count). The van der Waals surface area contributed by atoms with E-state index < -0.39 is 10.2 Å². The van der Waals surface area contributed by atoms with Crippen molar-refractivity contribution in [3.8, 4) is 0 Å². The predicted octanol–water partition coefficient (Wildman–Crippen LogP) is 0.187. The number of hydrogen-bond acceptors (Lipinski definition) is 4. The van der Waals surface area contributed by atoms with Gasteiger partial charge in [0.05, 0.1) is 12.2 Å². The van der Waals surface area contributed by atoms with Crippen LogP contribution in [0.2, 0.25) is 0 Å². The van der Waals surface area contributed by atoms with Crippen molar-refractivity contribution >= 4 is 10.2 Å². The zero-order chi connectivity index (χ0) is 11.6. The highest BCUT2D eigenvalue weighted by Gasteiger charge is 2.14. The molecule has 0 spiro atoms. The molecule has 15 heavy (non-hydrogen) atoms. The zero-order valence-corrected chi connectivity index (χ0v) is 10.1. The Morgan fingerprint density at radius 3 is 2.40 bits per heavy atom. The number of oxazole rings is 1. The Bertz CT molecular complexity index is 416. The SMILES string of the molecule is Cc1nc(CNS(=O)(=O)N(C)C)oc1C. The maximum absolute atomic E-state index is 11.3. The van der Waals surface area contributed by atoms with Gasteiger partial charge in [-0.2, -0.15) is 17.4 Å². The molecular weight excluding hydrogens is 218 g/mol. The summed E-state index contributed by atoms with van der Waals surface area (Å²) in [6.45, 7) is 3.66. The van der Waals surface area contributed by atoms with Crippen LogP contribution in [-0.4, -0.2) is 31.8 Å². The number of hydrogen-bond donors (Lipinski definition) is 1. The summed E-state index contributed by atoms with van der Waals surface area (Å²) < 4.78 is 31.4. The van der Waals surface area contributed by atoms with E-state index in [1.165, 1.54) is 14.1 Å². The second-order valence-corrected chi connectivity index (χ2v) is 5.33. The van der Waals surface area contributed by atoms with Gasteiger partial charge in [0.2, 0.25) is 5.89 Å². The van der Waals surface area contributed by atoms with Crippen LogP contribution in [0.4, 0.5) is 0 Å². The molecular formula is C8H15N3O3S. The van der Waals surface area contributed by atoms with Crippen molar-refractivity contribution in [3.63, 3.8) is 0 Å². The molecule has 0 unspecified atom stereocenters. The van der Waals surface area contributed by atoms with E-state index in [1.807, 2.05) is 6.92 Å². The van der Waals surface area contributed by atoms with Crippen LogP contribution in [0.25, 0.3) is 0 Å². The summed E-state index contributed by atoms with van der Waals surface area (Å²) in [6.07, 6.45) is 0. The third-order valence-electron chi connectivity index (χ3n) is 1.96. The van der Waals surface area contributed by atoms with Crippen molar-refractivity contribution in [2.45, 2.75) is 20.4 Å². The van der Waals surface area contributed by atoms with Gasteiger partial charge in [-0.25, -0.2) is 4.98 Å². The Hall–Kier alpha value is -0.920. The van der Waals surface area contributed by atoms with Crippen LogP contribution in [-0.2, 0) is 16.8 Å². The maximum atomic E-state index is 11.3. The fraction of sp³-hybridized carbons (Fsp3) is 0.625. The summed E-state index contributed by atoms with van der Waals surface area (Å²) in [7, 11) is -0.511. The van der Waals surface area contributed by atoms with Gasteiger partial charge >= 0.3 is 0 Å². The fourth-order valence-electron chi connectivity index (χ4n) is 0.897. The zero-order valence-electron chi connectivity index (χ0n) is 9.23. The minimum absolute atomic E-state index is 0.0647. The molecule has 0 aliphatic carbocycles. The molecule has 0 fully saturated rings. The van der Waals surface area contributed by atoms with Crippen molar-refractivity contribution in [1.29, 1.82) is 0 Å². The van der Waals surface area contributed by atoms with Crippen molar-refractivity contribution < 1.29 is 12.8 Å². The van der Waals surface area contributed by atoms with Crippen LogP contribution in [0.3, 0.4) is 0 Å². The first kappa shape index (κ1) is 12.2. The molecule has 0 aromatic carbocycles. The summed E-state index contributed by atoms with van der Waals surface area (Å²) in [5.74, 6) is 1.07. The van der Waals surface area contributed by atoms with Gasteiger partial charge in [0.15, 0.2) is 0 Å². The van der Waals surface area contributed by atoms with Crippen LogP contribution in [0.1, 0.15) is 17.3 Å². The lowest BCUT2D eigenvalue weighted by Gasteiger charge is -2.10. The summed E-state index contributed by atoms with van der Waals surface area (Å²) in [5, 5.41) is 0. The van der Waals surface area contributed by atoms with Crippen molar-refractivity contribution in [2.24, 2.45) is 0 Å². The highest BCUT2D eigenvalue weighted by molar-refractivity contribution is 7.87. The van der Waals surface area contributed by atoms with Crippen LogP contribution in [0.15, 0.2) is 4.42 Å². The normalized spacial score (nSPS) is 12.3. The largest absolute Gasteiger partial charge is 0.444 e. The third-order valence-corrected chi connectivity index (χ3v) is 3.43. The first-order valence-corrected chi connectivity index (χ1v) is 5.87. The molecule has 1 aromatic heterocycles. The minimum atomic E-state index is -3.42. The lowest BCUT2D eigenvalue weighted by Crippen LogP contribution is -2.35. The quantitative estimate of drug-likeness (QED) is 0.805. The topological polar surface area (TPSA) is 75.4 Å². The van der Waals surface area contributed by atoms with E-state index in [4.69, 9.17) is 4.42 Å².